The van der Waals surface area contributed by atoms with Crippen molar-refractivity contribution in [3.8, 4) is 11.3 Å². The highest BCUT2D eigenvalue weighted by Gasteiger charge is 2.21. The summed E-state index contributed by atoms with van der Waals surface area (Å²) in [4.78, 5) is 16.6. The number of rotatable bonds is 4. The Morgan fingerprint density at radius 1 is 1.00 bits per heavy atom. The minimum absolute atomic E-state index is 0.0234. The van der Waals surface area contributed by atoms with Crippen LogP contribution in [0.5, 0.6) is 0 Å². The minimum Gasteiger partial charge on any atom is -0.312 e. The molecule has 3 rings (SSSR count). The van der Waals surface area contributed by atoms with E-state index < -0.39 is 9.84 Å². The molecule has 3 aromatic rings. The number of benzene rings is 2. The van der Waals surface area contributed by atoms with E-state index in [2.05, 4.69) is 10.3 Å². The lowest BCUT2D eigenvalue weighted by atomic mass is 10.1. The number of anilines is 1. The van der Waals surface area contributed by atoms with E-state index >= 15 is 0 Å². The van der Waals surface area contributed by atoms with Gasteiger partial charge in [0.05, 0.1) is 0 Å². The van der Waals surface area contributed by atoms with Crippen molar-refractivity contribution < 1.29 is 13.2 Å². The second kappa shape index (κ2) is 6.54. The first-order chi connectivity index (χ1) is 11.4. The van der Waals surface area contributed by atoms with E-state index in [1.807, 2.05) is 36.4 Å². The molecule has 0 bridgehead atoms. The summed E-state index contributed by atoms with van der Waals surface area (Å²) in [6, 6.07) is 17.9. The Balaban J connectivity index is 2.03. The molecule has 0 atom stereocenters. The van der Waals surface area contributed by atoms with Crippen LogP contribution < -0.4 is 5.32 Å². The van der Waals surface area contributed by atoms with E-state index in [0.717, 1.165) is 23.2 Å². The molecule has 0 aliphatic carbocycles. The number of amides is 1. The number of carbonyl (C=O) groups is 1. The van der Waals surface area contributed by atoms with Crippen LogP contribution in [0.1, 0.15) is 10.4 Å². The molecule has 24 heavy (non-hydrogen) atoms. The molecule has 0 fully saturated rings. The van der Waals surface area contributed by atoms with Gasteiger partial charge in [0.15, 0.2) is 0 Å². The number of aromatic nitrogens is 1. The highest BCUT2D eigenvalue weighted by molar-refractivity contribution is 7.92. The largest absolute Gasteiger partial charge is 0.312 e. The molecule has 0 saturated heterocycles. The third-order valence-corrected chi connectivity index (χ3v) is 5.88. The number of hydrogen-bond acceptors (Lipinski definition) is 5. The van der Waals surface area contributed by atoms with Crippen LogP contribution in [0.4, 0.5) is 5.00 Å². The summed E-state index contributed by atoms with van der Waals surface area (Å²) in [5.74, 6) is -0.309. The van der Waals surface area contributed by atoms with Gasteiger partial charge in [-0.2, -0.15) is 0 Å². The van der Waals surface area contributed by atoms with Crippen molar-refractivity contribution in [1.82, 2.24) is 4.98 Å². The lowest BCUT2D eigenvalue weighted by molar-refractivity contribution is 0.102. The van der Waals surface area contributed by atoms with Crippen LogP contribution in [0.15, 0.2) is 65.0 Å². The normalized spacial score (nSPS) is 11.2. The van der Waals surface area contributed by atoms with Crippen molar-refractivity contribution in [1.29, 1.82) is 0 Å². The molecule has 1 heterocycles. The molecule has 0 aliphatic heterocycles. The van der Waals surface area contributed by atoms with Crippen molar-refractivity contribution in [2.45, 2.75) is 4.34 Å². The Morgan fingerprint density at radius 3 is 2.17 bits per heavy atom. The molecule has 1 aromatic heterocycles. The number of sulfone groups is 1. The fourth-order valence-corrected chi connectivity index (χ4v) is 3.93. The number of nitrogens with one attached hydrogen (secondary N) is 1. The first-order valence-corrected chi connectivity index (χ1v) is 9.78. The third-order valence-electron chi connectivity index (χ3n) is 3.24. The van der Waals surface area contributed by atoms with E-state index in [0.29, 0.717) is 16.3 Å². The standard InChI is InChI=1S/C17H14N2O3S2/c1-24(21,22)17-18-14(12-8-4-2-5-9-12)16(23-17)19-15(20)13-10-6-3-7-11-13/h2-11H,1H3,(H,19,20). The van der Waals surface area contributed by atoms with Gasteiger partial charge in [-0.15, -0.1) is 0 Å². The SMILES string of the molecule is CS(=O)(=O)c1nc(-c2ccccc2)c(NC(=O)c2ccccc2)s1. The van der Waals surface area contributed by atoms with Gasteiger partial charge in [-0.3, -0.25) is 4.79 Å². The fraction of sp³-hybridized carbons (Fsp3) is 0.0588. The molecule has 1 amide bonds. The molecule has 0 radical (unpaired) electrons. The van der Waals surface area contributed by atoms with Crippen molar-refractivity contribution in [2.24, 2.45) is 0 Å². The quantitative estimate of drug-likeness (QED) is 0.775. The predicted octanol–water partition coefficient (Wildman–Crippen LogP) is 3.47. The van der Waals surface area contributed by atoms with Gasteiger partial charge in [0.25, 0.3) is 5.91 Å². The smallest absolute Gasteiger partial charge is 0.256 e. The molecule has 0 spiro atoms. The first kappa shape index (κ1) is 16.4. The van der Waals surface area contributed by atoms with Gasteiger partial charge in [-0.1, -0.05) is 59.9 Å². The second-order valence-corrected chi connectivity index (χ2v) is 8.30. The van der Waals surface area contributed by atoms with Crippen molar-refractivity contribution in [2.75, 3.05) is 11.6 Å². The Labute approximate surface area is 143 Å². The zero-order valence-corrected chi connectivity index (χ0v) is 14.4. The summed E-state index contributed by atoms with van der Waals surface area (Å²) in [5, 5.41) is 3.18. The van der Waals surface area contributed by atoms with Crippen molar-refractivity contribution >= 4 is 32.1 Å². The maximum absolute atomic E-state index is 12.4. The Morgan fingerprint density at radius 2 is 1.58 bits per heavy atom. The molecule has 0 saturated carbocycles. The average molecular weight is 358 g/mol. The van der Waals surface area contributed by atoms with Crippen LogP contribution in [-0.2, 0) is 9.84 Å². The molecule has 7 heteroatoms. The zero-order chi connectivity index (χ0) is 17.2. The van der Waals surface area contributed by atoms with E-state index in [1.165, 1.54) is 0 Å². The molecule has 2 aromatic carbocycles. The third kappa shape index (κ3) is 3.52. The molecule has 122 valence electrons. The predicted molar refractivity (Wildman–Crippen MR) is 95.1 cm³/mol. The van der Waals surface area contributed by atoms with E-state index in [9.17, 15) is 13.2 Å². The molecule has 5 nitrogen and oxygen atoms in total. The van der Waals surface area contributed by atoms with Gasteiger partial charge in [-0.05, 0) is 12.1 Å². The summed E-state index contributed by atoms with van der Waals surface area (Å²) in [7, 11) is -3.46. The van der Waals surface area contributed by atoms with Crippen LogP contribution >= 0.6 is 11.3 Å². The minimum atomic E-state index is -3.46. The molecular weight excluding hydrogens is 344 g/mol. The van der Waals surface area contributed by atoms with Gasteiger partial charge in [0, 0.05) is 17.4 Å². The summed E-state index contributed by atoms with van der Waals surface area (Å²) in [6.45, 7) is 0. The highest BCUT2D eigenvalue weighted by Crippen LogP contribution is 2.35. The van der Waals surface area contributed by atoms with Gasteiger partial charge in [-0.25, -0.2) is 13.4 Å². The Hall–Kier alpha value is -2.51. The summed E-state index contributed by atoms with van der Waals surface area (Å²) in [5.41, 5.74) is 1.68. The first-order valence-electron chi connectivity index (χ1n) is 7.08. The molecular formula is C17H14N2O3S2. The van der Waals surface area contributed by atoms with Crippen LogP contribution in [0, 0.1) is 0 Å². The van der Waals surface area contributed by atoms with E-state index in [1.54, 1.807) is 24.3 Å². The zero-order valence-electron chi connectivity index (χ0n) is 12.8. The maximum atomic E-state index is 12.4. The Kier molecular flexibility index (Phi) is 4.46. The van der Waals surface area contributed by atoms with Crippen molar-refractivity contribution in [3.05, 3.63) is 66.2 Å². The fourth-order valence-electron chi connectivity index (χ4n) is 2.10. The molecule has 0 unspecified atom stereocenters. The number of nitrogens with zero attached hydrogens (tertiary/aromatic N) is 1. The van der Waals surface area contributed by atoms with Gasteiger partial charge in [0.1, 0.15) is 10.7 Å². The second-order valence-electron chi connectivity index (χ2n) is 5.12. The Bertz CT molecular complexity index is 966. The van der Waals surface area contributed by atoms with E-state index in [-0.39, 0.29) is 10.2 Å². The van der Waals surface area contributed by atoms with Crippen LogP contribution in [0.2, 0.25) is 0 Å². The van der Waals surface area contributed by atoms with Crippen LogP contribution in [-0.4, -0.2) is 25.6 Å². The van der Waals surface area contributed by atoms with Gasteiger partial charge < -0.3 is 5.32 Å². The summed E-state index contributed by atoms with van der Waals surface area (Å²) in [6.07, 6.45) is 1.10. The molecule has 1 N–H and O–H groups in total. The molecule has 0 aliphatic rings. The van der Waals surface area contributed by atoms with Crippen LogP contribution in [0.3, 0.4) is 0 Å². The van der Waals surface area contributed by atoms with Crippen LogP contribution in [0.25, 0.3) is 11.3 Å². The monoisotopic (exact) mass is 358 g/mol. The number of hydrogen-bond donors (Lipinski definition) is 1. The summed E-state index contributed by atoms with van der Waals surface area (Å²) >= 11 is 0.953. The van der Waals surface area contributed by atoms with Gasteiger partial charge in [0.2, 0.25) is 14.2 Å². The number of thiazole rings is 1. The average Bonchev–Trinajstić information content (AvgIpc) is 3.00. The lowest BCUT2D eigenvalue weighted by Gasteiger charge is -2.05. The van der Waals surface area contributed by atoms with Crippen molar-refractivity contribution in [3.63, 3.8) is 0 Å². The van der Waals surface area contributed by atoms with Gasteiger partial charge >= 0.3 is 0 Å². The topological polar surface area (TPSA) is 76.1 Å². The highest BCUT2D eigenvalue weighted by atomic mass is 32.2. The van der Waals surface area contributed by atoms with E-state index in [4.69, 9.17) is 0 Å². The maximum Gasteiger partial charge on any atom is 0.256 e. The lowest BCUT2D eigenvalue weighted by Crippen LogP contribution is -2.11. The number of carbonyl (C=O) groups excluding carboxylic acids is 1. The summed E-state index contributed by atoms with van der Waals surface area (Å²) < 4.78 is 23.6.